The molecule has 3 nitrogen and oxygen atoms in total. The number of carbonyl (C=O) groups excluding carboxylic acids is 1. The maximum absolute atomic E-state index is 11.8. The molecule has 0 atom stereocenters. The van der Waals surface area contributed by atoms with E-state index < -0.39 is 6.16 Å². The molecule has 0 spiro atoms. The monoisotopic (exact) mass is 306 g/mol. The highest BCUT2D eigenvalue weighted by molar-refractivity contribution is 5.65. The van der Waals surface area contributed by atoms with Gasteiger partial charge in [0.25, 0.3) is 0 Å². The van der Waals surface area contributed by atoms with Crippen LogP contribution >= 0.6 is 0 Å². The Balaban J connectivity index is 2.66. The summed E-state index contributed by atoms with van der Waals surface area (Å²) in [5.74, 6) is 0.648. The molecule has 0 radical (unpaired) electrons. The summed E-state index contributed by atoms with van der Waals surface area (Å²) < 4.78 is 10.6. The molecule has 1 aromatic carbocycles. The van der Waals surface area contributed by atoms with Gasteiger partial charge in [0, 0.05) is 0 Å². The van der Waals surface area contributed by atoms with Crippen molar-refractivity contribution < 1.29 is 14.3 Å². The number of hydrogen-bond acceptors (Lipinski definition) is 3. The molecular formula is C19H30O3. The first-order chi connectivity index (χ1) is 10.7. The molecule has 0 aliphatic heterocycles. The van der Waals surface area contributed by atoms with Gasteiger partial charge in [0.05, 0.1) is 6.61 Å². The first-order valence-electron chi connectivity index (χ1n) is 8.65. The summed E-state index contributed by atoms with van der Waals surface area (Å²) in [6.07, 6.45) is 6.57. The number of aryl methyl sites for hydroxylation is 1. The van der Waals surface area contributed by atoms with Crippen molar-refractivity contribution in [1.82, 2.24) is 0 Å². The van der Waals surface area contributed by atoms with Crippen molar-refractivity contribution in [3.63, 3.8) is 0 Å². The minimum absolute atomic E-state index is 0.438. The van der Waals surface area contributed by atoms with Crippen LogP contribution in [-0.4, -0.2) is 12.8 Å². The predicted molar refractivity (Wildman–Crippen MR) is 90.7 cm³/mol. The molecule has 0 saturated carbocycles. The number of carbonyl (C=O) groups is 1. The first kappa shape index (κ1) is 18.5. The minimum Gasteiger partial charge on any atom is -0.434 e. The normalized spacial score (nSPS) is 10.5. The minimum atomic E-state index is -0.586. The average Bonchev–Trinajstić information content (AvgIpc) is 2.53. The Morgan fingerprint density at radius 1 is 0.909 bits per heavy atom. The Kier molecular flexibility index (Phi) is 8.64. The fraction of sp³-hybridized carbons (Fsp3) is 0.632. The molecule has 3 heteroatoms. The maximum Gasteiger partial charge on any atom is 0.513 e. The van der Waals surface area contributed by atoms with Crippen molar-refractivity contribution in [2.24, 2.45) is 0 Å². The highest BCUT2D eigenvalue weighted by Gasteiger charge is 2.14. The van der Waals surface area contributed by atoms with Crippen molar-refractivity contribution >= 4 is 6.16 Å². The molecule has 0 bridgehead atoms. The third-order valence-corrected chi connectivity index (χ3v) is 3.98. The molecule has 0 fully saturated rings. The number of benzene rings is 1. The van der Waals surface area contributed by atoms with E-state index in [0.29, 0.717) is 12.4 Å². The highest BCUT2D eigenvalue weighted by atomic mass is 16.7. The Hall–Kier alpha value is -1.51. The molecule has 0 N–H and O–H groups in total. The van der Waals surface area contributed by atoms with E-state index in [1.165, 1.54) is 24.0 Å². The van der Waals surface area contributed by atoms with Gasteiger partial charge in [-0.1, -0.05) is 53.0 Å². The van der Waals surface area contributed by atoms with Crippen molar-refractivity contribution in [2.75, 3.05) is 6.61 Å². The van der Waals surface area contributed by atoms with Crippen LogP contribution in [0, 0.1) is 0 Å². The van der Waals surface area contributed by atoms with E-state index in [1.807, 2.05) is 6.07 Å². The molecule has 1 rings (SSSR count). The molecule has 0 saturated heterocycles. The van der Waals surface area contributed by atoms with Crippen LogP contribution in [0.2, 0.25) is 0 Å². The zero-order valence-electron chi connectivity index (χ0n) is 14.5. The van der Waals surface area contributed by atoms with E-state index in [-0.39, 0.29) is 0 Å². The molecule has 0 aliphatic rings. The summed E-state index contributed by atoms with van der Waals surface area (Å²) in [7, 11) is 0. The van der Waals surface area contributed by atoms with E-state index in [0.717, 1.165) is 37.7 Å². The largest absolute Gasteiger partial charge is 0.513 e. The van der Waals surface area contributed by atoms with Crippen LogP contribution in [0.5, 0.6) is 5.75 Å². The van der Waals surface area contributed by atoms with E-state index in [4.69, 9.17) is 9.47 Å². The van der Waals surface area contributed by atoms with Gasteiger partial charge in [0.15, 0.2) is 0 Å². The molecule has 0 aromatic heterocycles. The summed E-state index contributed by atoms with van der Waals surface area (Å²) in [6, 6.07) is 3.96. The summed E-state index contributed by atoms with van der Waals surface area (Å²) in [5, 5.41) is 0. The second-order valence-corrected chi connectivity index (χ2v) is 5.50. The van der Waals surface area contributed by atoms with Crippen LogP contribution < -0.4 is 4.74 Å². The lowest BCUT2D eigenvalue weighted by molar-refractivity contribution is 0.0969. The van der Waals surface area contributed by atoms with Gasteiger partial charge in [-0.15, -0.1) is 0 Å². The van der Waals surface area contributed by atoms with Gasteiger partial charge in [-0.3, -0.25) is 0 Å². The van der Waals surface area contributed by atoms with E-state index >= 15 is 0 Å². The van der Waals surface area contributed by atoms with Gasteiger partial charge in [0.2, 0.25) is 0 Å². The van der Waals surface area contributed by atoms with Crippen LogP contribution in [0.25, 0.3) is 0 Å². The van der Waals surface area contributed by atoms with Gasteiger partial charge >= 0.3 is 6.16 Å². The lowest BCUT2D eigenvalue weighted by Gasteiger charge is -2.16. The van der Waals surface area contributed by atoms with Gasteiger partial charge in [0.1, 0.15) is 5.75 Å². The van der Waals surface area contributed by atoms with Crippen molar-refractivity contribution in [3.05, 3.63) is 28.8 Å². The maximum atomic E-state index is 11.8. The van der Waals surface area contributed by atoms with Crippen molar-refractivity contribution in [3.8, 4) is 5.75 Å². The molecular weight excluding hydrogens is 276 g/mol. The Bertz CT molecular complexity index is 466. The highest BCUT2D eigenvalue weighted by Crippen LogP contribution is 2.27. The second-order valence-electron chi connectivity index (χ2n) is 5.50. The molecule has 124 valence electrons. The predicted octanol–water partition coefficient (Wildman–Crippen LogP) is 5.47. The fourth-order valence-electron chi connectivity index (χ4n) is 2.78. The standard InChI is InChI=1S/C19H30O3/c1-5-9-10-11-14-21-19(20)22-18-13-12-15(6-2)16(7-3)17(18)8-4/h12-13H,5-11,14H2,1-4H3. The topological polar surface area (TPSA) is 35.5 Å². The smallest absolute Gasteiger partial charge is 0.434 e. The van der Waals surface area contributed by atoms with E-state index in [9.17, 15) is 4.79 Å². The van der Waals surface area contributed by atoms with Gasteiger partial charge in [-0.05, 0) is 48.4 Å². The molecule has 0 unspecified atom stereocenters. The average molecular weight is 306 g/mol. The van der Waals surface area contributed by atoms with Gasteiger partial charge < -0.3 is 9.47 Å². The summed E-state index contributed by atoms with van der Waals surface area (Å²) in [6.45, 7) is 8.99. The van der Waals surface area contributed by atoms with Crippen LogP contribution in [0.15, 0.2) is 12.1 Å². The number of ether oxygens (including phenoxy) is 2. The zero-order chi connectivity index (χ0) is 16.4. The fourth-order valence-corrected chi connectivity index (χ4v) is 2.78. The van der Waals surface area contributed by atoms with E-state index in [2.05, 4.69) is 33.8 Å². The lowest BCUT2D eigenvalue weighted by atomic mass is 9.95. The van der Waals surface area contributed by atoms with Crippen LogP contribution in [0.4, 0.5) is 4.79 Å². The van der Waals surface area contributed by atoms with Crippen LogP contribution in [-0.2, 0) is 24.0 Å². The Morgan fingerprint density at radius 3 is 2.23 bits per heavy atom. The molecule has 1 aromatic rings. The third kappa shape index (κ3) is 5.36. The molecule has 0 amide bonds. The molecule has 22 heavy (non-hydrogen) atoms. The Labute approximate surface area is 135 Å². The summed E-state index contributed by atoms with van der Waals surface area (Å²) >= 11 is 0. The van der Waals surface area contributed by atoms with Crippen molar-refractivity contribution in [1.29, 1.82) is 0 Å². The van der Waals surface area contributed by atoms with Gasteiger partial charge in [-0.2, -0.15) is 0 Å². The van der Waals surface area contributed by atoms with Gasteiger partial charge in [-0.25, -0.2) is 4.79 Å². The molecule has 0 heterocycles. The third-order valence-electron chi connectivity index (χ3n) is 3.98. The SMILES string of the molecule is CCCCCCOC(=O)Oc1ccc(CC)c(CC)c1CC. The number of hydrogen-bond donors (Lipinski definition) is 0. The number of unbranched alkanes of at least 4 members (excludes halogenated alkanes) is 3. The van der Waals surface area contributed by atoms with E-state index in [1.54, 1.807) is 0 Å². The number of rotatable bonds is 9. The van der Waals surface area contributed by atoms with Crippen LogP contribution in [0.3, 0.4) is 0 Å². The summed E-state index contributed by atoms with van der Waals surface area (Å²) in [5.41, 5.74) is 3.77. The molecule has 0 aliphatic carbocycles. The quantitative estimate of drug-likeness (QED) is 0.345. The first-order valence-corrected chi connectivity index (χ1v) is 8.65. The van der Waals surface area contributed by atoms with Crippen LogP contribution in [0.1, 0.15) is 70.1 Å². The Morgan fingerprint density at radius 2 is 1.64 bits per heavy atom. The lowest BCUT2D eigenvalue weighted by Crippen LogP contribution is -2.13. The second kappa shape index (κ2) is 10.3. The zero-order valence-corrected chi connectivity index (χ0v) is 14.5. The van der Waals surface area contributed by atoms with Crippen molar-refractivity contribution in [2.45, 2.75) is 72.6 Å². The summed E-state index contributed by atoms with van der Waals surface area (Å²) in [4.78, 5) is 11.8.